The molecule has 1 aromatic carbocycles. The van der Waals surface area contributed by atoms with E-state index >= 15 is 4.39 Å². The van der Waals surface area contributed by atoms with Crippen molar-refractivity contribution in [1.82, 2.24) is 19.9 Å². The number of aliphatic imine (C=N–C) groups is 1. The highest BCUT2D eigenvalue weighted by atomic mass is 32.2. The van der Waals surface area contributed by atoms with Crippen molar-refractivity contribution in [3.8, 4) is 5.88 Å². The quantitative estimate of drug-likeness (QED) is 0.340. The smallest absolute Gasteiger partial charge is 0.233 e. The van der Waals surface area contributed by atoms with Gasteiger partial charge in [-0.2, -0.15) is 0 Å². The lowest BCUT2D eigenvalue weighted by atomic mass is 9.83. The zero-order valence-electron chi connectivity index (χ0n) is 19.8. The van der Waals surface area contributed by atoms with Gasteiger partial charge in [-0.3, -0.25) is 4.99 Å². The van der Waals surface area contributed by atoms with Crippen LogP contribution in [0.15, 0.2) is 52.5 Å². The number of nitrogens with one attached hydrogen (secondary N) is 1. The van der Waals surface area contributed by atoms with E-state index in [0.717, 1.165) is 17.8 Å². The van der Waals surface area contributed by atoms with Crippen molar-refractivity contribution in [3.05, 3.63) is 66.1 Å². The first-order valence-electron chi connectivity index (χ1n) is 11.2. The second-order valence-electron chi connectivity index (χ2n) is 8.98. The lowest BCUT2D eigenvalue weighted by molar-refractivity contribution is 0.253. The molecule has 1 aliphatic rings. The van der Waals surface area contributed by atoms with Crippen molar-refractivity contribution in [3.63, 3.8) is 0 Å². The van der Waals surface area contributed by atoms with E-state index in [1.54, 1.807) is 19.9 Å². The number of aromatic nitrogens is 4. The number of hydrogen-bond acceptors (Lipinski definition) is 10. The predicted molar refractivity (Wildman–Crippen MR) is 133 cm³/mol. The molecule has 5 rings (SSSR count). The van der Waals surface area contributed by atoms with Crippen molar-refractivity contribution in [1.29, 1.82) is 0 Å². The van der Waals surface area contributed by atoms with E-state index in [4.69, 9.17) is 14.9 Å². The van der Waals surface area contributed by atoms with Crippen molar-refractivity contribution in [2.24, 2.45) is 10.7 Å². The Bertz CT molecular complexity index is 1490. The van der Waals surface area contributed by atoms with Gasteiger partial charge in [0.05, 0.1) is 28.2 Å². The maximum atomic E-state index is 15.0. The van der Waals surface area contributed by atoms with Crippen LogP contribution in [0, 0.1) is 11.6 Å². The van der Waals surface area contributed by atoms with Gasteiger partial charge in [-0.15, -0.1) is 0 Å². The number of pyridine rings is 1. The third-order valence-electron chi connectivity index (χ3n) is 5.84. The average Bonchev–Trinajstić information content (AvgIpc) is 3.38. The molecule has 0 spiro atoms. The van der Waals surface area contributed by atoms with Crippen LogP contribution in [0.4, 0.5) is 24.7 Å². The fourth-order valence-electron chi connectivity index (χ4n) is 4.29. The Labute approximate surface area is 213 Å². The van der Waals surface area contributed by atoms with Gasteiger partial charge in [-0.25, -0.2) is 33.1 Å². The Morgan fingerprint density at radius 1 is 1.19 bits per heavy atom. The number of fused-ring (bicyclic) bond motifs is 1. The number of alkyl halides is 1. The molecule has 192 valence electrons. The number of hydrogen-bond donors (Lipinski definition) is 2. The lowest BCUT2D eigenvalue weighted by Crippen LogP contribution is -2.42. The average molecular weight is 530 g/mol. The third-order valence-corrected chi connectivity index (χ3v) is 6.89. The highest BCUT2D eigenvalue weighted by molar-refractivity contribution is 8.15. The molecule has 0 bridgehead atoms. The number of thioether (sulfide) groups is 1. The van der Waals surface area contributed by atoms with Gasteiger partial charge in [0, 0.05) is 23.5 Å². The summed E-state index contributed by atoms with van der Waals surface area (Å²) < 4.78 is 53.3. The van der Waals surface area contributed by atoms with E-state index < -0.39 is 28.6 Å². The molecule has 4 aromatic rings. The summed E-state index contributed by atoms with van der Waals surface area (Å²) in [7, 11) is 0. The van der Waals surface area contributed by atoms with Crippen LogP contribution in [-0.2, 0) is 12.1 Å². The zero-order chi connectivity index (χ0) is 26.2. The molecule has 37 heavy (non-hydrogen) atoms. The Kier molecular flexibility index (Phi) is 6.40. The molecule has 2 atom stereocenters. The van der Waals surface area contributed by atoms with Gasteiger partial charge in [0.15, 0.2) is 29.2 Å². The molecule has 3 aromatic heterocycles. The van der Waals surface area contributed by atoms with Crippen molar-refractivity contribution < 1.29 is 22.3 Å². The first-order chi connectivity index (χ1) is 17.7. The summed E-state index contributed by atoms with van der Waals surface area (Å²) in [6.07, 6.45) is 5.97. The number of benzene rings is 1. The van der Waals surface area contributed by atoms with Gasteiger partial charge in [0.2, 0.25) is 11.8 Å². The van der Waals surface area contributed by atoms with Crippen LogP contribution in [-0.4, -0.2) is 36.5 Å². The van der Waals surface area contributed by atoms with Gasteiger partial charge < -0.3 is 20.2 Å². The number of nitrogens with zero attached hydrogens (tertiary/aromatic N) is 5. The summed E-state index contributed by atoms with van der Waals surface area (Å²) in [5.74, 6) is -1.27. The standard InChI is InChI=1S/C24H22F3N7O2S/c1-23(12-25)11-24(2,34-22(28)37-23)14-7-13(8-15(26)19(14)27)32-21-20-16(3-4-30-21)33-17(9-31-20)36-10-18-29-5-6-35-18/h3-9H,10-12H2,1-2H3,(H2,28,34)(H,30,32)/t23-,24+/m1/s1. The second-order valence-corrected chi connectivity index (χ2v) is 10.6. The molecule has 0 radical (unpaired) electrons. The number of halogens is 3. The number of amidine groups is 1. The molecule has 9 nitrogen and oxygen atoms in total. The minimum absolute atomic E-state index is 0.0496. The molecule has 0 fully saturated rings. The maximum Gasteiger partial charge on any atom is 0.233 e. The Morgan fingerprint density at radius 3 is 2.78 bits per heavy atom. The fourth-order valence-corrected chi connectivity index (χ4v) is 5.45. The number of oxazole rings is 1. The minimum atomic E-state index is -1.28. The van der Waals surface area contributed by atoms with Crippen molar-refractivity contribution in [2.75, 3.05) is 12.0 Å². The SMILES string of the molecule is C[C@]1(CF)C[C@@](C)(c2cc(Nc3nccc4nc(OCc5ncco5)cnc34)cc(F)c2F)N=C(N)S1. The summed E-state index contributed by atoms with van der Waals surface area (Å²) in [6, 6.07) is 4.06. The first-order valence-corrected chi connectivity index (χ1v) is 12.0. The van der Waals surface area contributed by atoms with E-state index in [9.17, 15) is 8.78 Å². The van der Waals surface area contributed by atoms with E-state index in [0.29, 0.717) is 16.9 Å². The first kappa shape index (κ1) is 24.8. The Hall–Kier alpha value is -3.87. The van der Waals surface area contributed by atoms with E-state index in [-0.39, 0.29) is 41.1 Å². The van der Waals surface area contributed by atoms with Crippen molar-refractivity contribution >= 4 is 39.5 Å². The molecule has 4 heterocycles. The summed E-state index contributed by atoms with van der Waals surface area (Å²) >= 11 is 1.08. The van der Waals surface area contributed by atoms with Gasteiger partial charge in [-0.05, 0) is 32.4 Å². The predicted octanol–water partition coefficient (Wildman–Crippen LogP) is 5.01. The van der Waals surface area contributed by atoms with Crippen LogP contribution >= 0.6 is 11.8 Å². The van der Waals surface area contributed by atoms with Gasteiger partial charge in [-0.1, -0.05) is 11.8 Å². The zero-order valence-corrected chi connectivity index (χ0v) is 20.7. The largest absolute Gasteiger partial charge is 0.467 e. The van der Waals surface area contributed by atoms with Crippen LogP contribution in [0.5, 0.6) is 5.88 Å². The van der Waals surface area contributed by atoms with Crippen LogP contribution in [0.3, 0.4) is 0 Å². The minimum Gasteiger partial charge on any atom is -0.467 e. The van der Waals surface area contributed by atoms with Crippen LogP contribution in [0.25, 0.3) is 11.0 Å². The summed E-state index contributed by atoms with van der Waals surface area (Å²) in [4.78, 5) is 21.4. The maximum absolute atomic E-state index is 15.0. The van der Waals surface area contributed by atoms with Crippen molar-refractivity contribution in [2.45, 2.75) is 37.2 Å². The normalized spacial score (nSPS) is 21.6. The fraction of sp³-hybridized carbons (Fsp3) is 0.292. The third kappa shape index (κ3) is 5.03. The number of anilines is 2. The Morgan fingerprint density at radius 2 is 2.03 bits per heavy atom. The second kappa shape index (κ2) is 9.54. The van der Waals surface area contributed by atoms with E-state index in [1.807, 2.05) is 0 Å². The van der Waals surface area contributed by atoms with Gasteiger partial charge in [0.25, 0.3) is 0 Å². The number of ether oxygens (including phenoxy) is 1. The van der Waals surface area contributed by atoms with E-state index in [1.165, 1.54) is 30.9 Å². The molecular formula is C24H22F3N7O2S. The Balaban J connectivity index is 1.46. The molecule has 1 aliphatic heterocycles. The summed E-state index contributed by atoms with van der Waals surface area (Å²) in [5.41, 5.74) is 5.65. The highest BCUT2D eigenvalue weighted by Gasteiger charge is 2.44. The molecule has 0 aliphatic carbocycles. The molecule has 0 amide bonds. The van der Waals surface area contributed by atoms with Crippen LogP contribution in [0.1, 0.15) is 31.7 Å². The van der Waals surface area contributed by atoms with Gasteiger partial charge in [0.1, 0.15) is 18.5 Å². The van der Waals surface area contributed by atoms with Crippen LogP contribution in [0.2, 0.25) is 0 Å². The molecule has 3 N–H and O–H groups in total. The molecule has 0 saturated heterocycles. The molecule has 0 unspecified atom stereocenters. The lowest BCUT2D eigenvalue weighted by Gasteiger charge is -2.39. The summed E-state index contributed by atoms with van der Waals surface area (Å²) in [5, 5.41) is 3.10. The molecular weight excluding hydrogens is 507 g/mol. The molecule has 0 saturated carbocycles. The van der Waals surface area contributed by atoms with E-state index in [2.05, 4.69) is 30.2 Å². The molecule has 13 heteroatoms. The monoisotopic (exact) mass is 529 g/mol. The topological polar surface area (TPSA) is 124 Å². The number of rotatable bonds is 7. The number of nitrogens with two attached hydrogens (primary N) is 1. The summed E-state index contributed by atoms with van der Waals surface area (Å²) in [6.45, 7) is 2.66. The van der Waals surface area contributed by atoms with Crippen LogP contribution < -0.4 is 15.8 Å². The highest BCUT2D eigenvalue weighted by Crippen LogP contribution is 2.46. The van der Waals surface area contributed by atoms with Gasteiger partial charge >= 0.3 is 0 Å².